The fourth-order valence-electron chi connectivity index (χ4n) is 2.41. The number of rotatable bonds is 4. The zero-order chi connectivity index (χ0) is 16.5. The van der Waals surface area contributed by atoms with Crippen LogP contribution in [0.3, 0.4) is 0 Å². The molecule has 0 aliphatic rings. The second-order valence-corrected chi connectivity index (χ2v) is 5.25. The highest BCUT2D eigenvalue weighted by Gasteiger charge is 2.17. The van der Waals surface area contributed by atoms with Gasteiger partial charge in [-0.3, -0.25) is 5.10 Å². The molecule has 1 unspecified atom stereocenters. The van der Waals surface area contributed by atoms with Crippen LogP contribution in [0.4, 0.5) is 17.5 Å². The summed E-state index contributed by atoms with van der Waals surface area (Å²) in [6.45, 7) is 0. The van der Waals surface area contributed by atoms with Gasteiger partial charge in [0.25, 0.3) is 5.89 Å². The van der Waals surface area contributed by atoms with Gasteiger partial charge in [-0.1, -0.05) is 35.4 Å². The van der Waals surface area contributed by atoms with Crippen molar-refractivity contribution < 1.29 is 9.52 Å². The number of aliphatic hydroxyl groups excluding tert-OH is 1. The molecule has 25 heavy (non-hydrogen) atoms. The molecule has 4 rings (SSSR count). The molecule has 1 atom stereocenters. The van der Waals surface area contributed by atoms with E-state index >= 15 is 0 Å². The average molecular weight is 359 g/mol. The van der Waals surface area contributed by atoms with E-state index in [2.05, 4.69) is 25.7 Å². The zero-order valence-corrected chi connectivity index (χ0v) is 13.7. The Balaban J connectivity index is 0.00000182. The number of H-pyrrole nitrogens is 1. The summed E-state index contributed by atoms with van der Waals surface area (Å²) >= 11 is 0. The maximum Gasteiger partial charge on any atom is 0.320 e. The molecular weight excluding hydrogens is 344 g/mol. The van der Waals surface area contributed by atoms with Crippen molar-refractivity contribution in [3.05, 3.63) is 60.0 Å². The highest BCUT2D eigenvalue weighted by molar-refractivity contribution is 5.91. The summed E-state index contributed by atoms with van der Waals surface area (Å²) in [7, 11) is 0. The van der Waals surface area contributed by atoms with E-state index in [9.17, 15) is 5.11 Å². The number of hydrogen-bond donors (Lipinski definition) is 4. The Bertz CT molecular complexity index is 985. The Hall–Kier alpha value is -3.10. The van der Waals surface area contributed by atoms with Crippen LogP contribution in [0.15, 0.2) is 52.9 Å². The number of nitrogens with one attached hydrogen (secondary N) is 2. The van der Waals surface area contributed by atoms with Gasteiger partial charge in [0.2, 0.25) is 0 Å². The number of aromatic amines is 1. The monoisotopic (exact) mass is 358 g/mol. The average Bonchev–Trinajstić information content (AvgIpc) is 3.22. The van der Waals surface area contributed by atoms with E-state index in [0.29, 0.717) is 11.4 Å². The molecule has 0 amide bonds. The van der Waals surface area contributed by atoms with Gasteiger partial charge >= 0.3 is 6.01 Å². The Morgan fingerprint density at radius 2 is 1.92 bits per heavy atom. The van der Waals surface area contributed by atoms with Crippen molar-refractivity contribution >= 4 is 40.8 Å². The third kappa shape index (κ3) is 3.25. The topological polar surface area (TPSA) is 126 Å². The number of aromatic nitrogens is 4. The first-order chi connectivity index (χ1) is 11.7. The lowest BCUT2D eigenvalue weighted by Gasteiger charge is -2.05. The molecule has 0 aliphatic carbocycles. The fourth-order valence-corrected chi connectivity index (χ4v) is 2.41. The van der Waals surface area contributed by atoms with E-state index in [0.717, 1.165) is 16.6 Å². The molecule has 0 bridgehead atoms. The first-order valence-corrected chi connectivity index (χ1v) is 7.28. The van der Waals surface area contributed by atoms with Crippen molar-refractivity contribution in [3.63, 3.8) is 0 Å². The first-order valence-electron chi connectivity index (χ1n) is 7.28. The Morgan fingerprint density at radius 1 is 1.12 bits per heavy atom. The summed E-state index contributed by atoms with van der Waals surface area (Å²) in [6, 6.07) is 14.8. The van der Waals surface area contributed by atoms with Crippen LogP contribution in [-0.4, -0.2) is 25.5 Å². The minimum absolute atomic E-state index is 0. The summed E-state index contributed by atoms with van der Waals surface area (Å²) in [5.74, 6) is 0.534. The van der Waals surface area contributed by atoms with E-state index in [4.69, 9.17) is 10.2 Å². The van der Waals surface area contributed by atoms with Crippen molar-refractivity contribution in [2.45, 2.75) is 6.10 Å². The van der Waals surface area contributed by atoms with Crippen LogP contribution in [0.2, 0.25) is 0 Å². The van der Waals surface area contributed by atoms with Crippen LogP contribution >= 0.6 is 12.4 Å². The van der Waals surface area contributed by atoms with Gasteiger partial charge < -0.3 is 20.6 Å². The van der Waals surface area contributed by atoms with E-state index < -0.39 is 6.10 Å². The maximum atomic E-state index is 10.3. The lowest BCUT2D eigenvalue weighted by Crippen LogP contribution is -1.99. The van der Waals surface area contributed by atoms with E-state index in [1.54, 1.807) is 12.1 Å². The highest BCUT2D eigenvalue weighted by Crippen LogP contribution is 2.26. The van der Waals surface area contributed by atoms with Crippen molar-refractivity contribution in [2.75, 3.05) is 11.1 Å². The number of hydrogen-bond acceptors (Lipinski definition) is 7. The van der Waals surface area contributed by atoms with Crippen molar-refractivity contribution in [2.24, 2.45) is 0 Å². The number of nitrogen functional groups attached to an aromatic ring is 1. The maximum absolute atomic E-state index is 10.3. The molecule has 5 N–H and O–H groups in total. The van der Waals surface area contributed by atoms with Gasteiger partial charge in [0.15, 0.2) is 11.9 Å². The Labute approximate surface area is 148 Å². The molecule has 0 spiro atoms. The number of anilines is 3. The number of halogens is 1. The number of nitrogens with two attached hydrogens (primary N) is 1. The molecule has 4 aromatic rings. The molecule has 0 fully saturated rings. The molecule has 9 heteroatoms. The fraction of sp³-hybridized carbons (Fsp3) is 0.0625. The SMILES string of the molecule is Cl.Nc1n[nH]c2ccc(Nc3nnc(C(O)c4ccccc4)o3)cc12. The molecule has 128 valence electrons. The Kier molecular flexibility index (Phi) is 4.55. The molecule has 2 aromatic carbocycles. The van der Waals surface area contributed by atoms with Gasteiger partial charge in [-0.2, -0.15) is 5.10 Å². The molecule has 0 radical (unpaired) electrons. The van der Waals surface area contributed by atoms with E-state index in [1.807, 2.05) is 36.4 Å². The largest absolute Gasteiger partial charge is 0.405 e. The summed E-state index contributed by atoms with van der Waals surface area (Å²) in [5.41, 5.74) is 8.03. The quantitative estimate of drug-likeness (QED) is 0.442. The van der Waals surface area contributed by atoms with Gasteiger partial charge in [0, 0.05) is 11.1 Å². The third-order valence-corrected chi connectivity index (χ3v) is 3.63. The second kappa shape index (κ2) is 6.80. The highest BCUT2D eigenvalue weighted by atomic mass is 35.5. The lowest BCUT2D eigenvalue weighted by atomic mass is 10.1. The summed E-state index contributed by atoms with van der Waals surface area (Å²) in [4.78, 5) is 0. The van der Waals surface area contributed by atoms with Gasteiger partial charge in [-0.25, -0.2) is 0 Å². The zero-order valence-electron chi connectivity index (χ0n) is 12.9. The number of nitrogens with zero attached hydrogens (tertiary/aromatic N) is 3. The van der Waals surface area contributed by atoms with Crippen LogP contribution in [-0.2, 0) is 0 Å². The van der Waals surface area contributed by atoms with Crippen molar-refractivity contribution in [1.82, 2.24) is 20.4 Å². The predicted octanol–water partition coefficient (Wildman–Crippen LogP) is 2.78. The smallest absolute Gasteiger partial charge is 0.320 e. The van der Waals surface area contributed by atoms with Crippen LogP contribution in [0.25, 0.3) is 10.9 Å². The lowest BCUT2D eigenvalue weighted by molar-refractivity contribution is 0.184. The third-order valence-electron chi connectivity index (χ3n) is 3.63. The van der Waals surface area contributed by atoms with E-state index in [-0.39, 0.29) is 24.3 Å². The number of benzene rings is 2. The van der Waals surface area contributed by atoms with Gasteiger partial charge in [0.1, 0.15) is 0 Å². The minimum atomic E-state index is -0.971. The van der Waals surface area contributed by atoms with Crippen LogP contribution in [0.1, 0.15) is 17.6 Å². The van der Waals surface area contributed by atoms with Gasteiger partial charge in [0.05, 0.1) is 5.52 Å². The second-order valence-electron chi connectivity index (χ2n) is 5.25. The van der Waals surface area contributed by atoms with Gasteiger partial charge in [-0.05, 0) is 23.8 Å². The molecule has 0 aliphatic heterocycles. The molecule has 2 heterocycles. The molecule has 0 saturated carbocycles. The standard InChI is InChI=1S/C16H14N6O2.ClH/c17-14-11-8-10(6-7-12(11)19-20-14)18-16-22-21-15(24-16)13(23)9-4-2-1-3-5-9;/h1-8,13,23H,(H,18,22)(H3,17,19,20);1H. The predicted molar refractivity (Wildman–Crippen MR) is 95.8 cm³/mol. The van der Waals surface area contributed by atoms with Gasteiger partial charge in [-0.15, -0.1) is 17.5 Å². The molecule has 2 aromatic heterocycles. The van der Waals surface area contributed by atoms with Crippen LogP contribution < -0.4 is 11.1 Å². The minimum Gasteiger partial charge on any atom is -0.405 e. The summed E-state index contributed by atoms with van der Waals surface area (Å²) in [5, 5.41) is 28.6. The number of fused-ring (bicyclic) bond motifs is 1. The Morgan fingerprint density at radius 3 is 2.72 bits per heavy atom. The summed E-state index contributed by atoms with van der Waals surface area (Å²) < 4.78 is 5.49. The summed E-state index contributed by atoms with van der Waals surface area (Å²) in [6.07, 6.45) is -0.971. The van der Waals surface area contributed by atoms with Crippen molar-refractivity contribution in [3.8, 4) is 0 Å². The molecule has 0 saturated heterocycles. The van der Waals surface area contributed by atoms with Crippen LogP contribution in [0.5, 0.6) is 0 Å². The van der Waals surface area contributed by atoms with Crippen molar-refractivity contribution in [1.29, 1.82) is 0 Å². The van der Waals surface area contributed by atoms with E-state index in [1.165, 1.54) is 0 Å². The van der Waals surface area contributed by atoms with Crippen LogP contribution in [0, 0.1) is 0 Å². The number of aliphatic hydroxyl groups is 1. The molecular formula is C16H15ClN6O2. The first kappa shape index (κ1) is 16.7. The molecule has 8 nitrogen and oxygen atoms in total. The normalized spacial score (nSPS) is 11.9.